The summed E-state index contributed by atoms with van der Waals surface area (Å²) in [6, 6.07) is 15.9. The van der Waals surface area contributed by atoms with Crippen molar-refractivity contribution in [3.05, 3.63) is 92.9 Å². The first kappa shape index (κ1) is 21.4. The maximum absolute atomic E-state index is 12.8. The van der Waals surface area contributed by atoms with Crippen LogP contribution in [-0.4, -0.2) is 51.9 Å². The van der Waals surface area contributed by atoms with Gasteiger partial charge in [-0.05, 0) is 31.5 Å². The molecule has 4 rings (SSSR count). The third kappa shape index (κ3) is 4.59. The molecule has 1 amide bonds. The Hall–Kier alpha value is -3.81. The fraction of sp³-hybridized carbons (Fsp3) is 0.292. The molecule has 0 saturated carbocycles. The van der Waals surface area contributed by atoms with Crippen LogP contribution in [-0.2, 0) is 6.42 Å². The van der Waals surface area contributed by atoms with E-state index in [1.165, 1.54) is 12.1 Å². The highest BCUT2D eigenvalue weighted by Crippen LogP contribution is 2.26. The summed E-state index contributed by atoms with van der Waals surface area (Å²) >= 11 is 0. The van der Waals surface area contributed by atoms with Gasteiger partial charge in [0.1, 0.15) is 11.6 Å². The molecule has 164 valence electrons. The van der Waals surface area contributed by atoms with Gasteiger partial charge in [-0.2, -0.15) is 0 Å². The number of amides is 1. The van der Waals surface area contributed by atoms with Gasteiger partial charge in [0.15, 0.2) is 0 Å². The molecule has 8 heteroatoms. The summed E-state index contributed by atoms with van der Waals surface area (Å²) in [4.78, 5) is 36.7. The summed E-state index contributed by atoms with van der Waals surface area (Å²) in [5.41, 5.74) is 3.64. The Morgan fingerprint density at radius 2 is 1.62 bits per heavy atom. The molecule has 2 heterocycles. The lowest BCUT2D eigenvalue weighted by Gasteiger charge is -2.36. The second-order valence-electron chi connectivity index (χ2n) is 7.90. The highest BCUT2D eigenvalue weighted by atomic mass is 16.6. The molecule has 1 fully saturated rings. The van der Waals surface area contributed by atoms with Crippen molar-refractivity contribution in [3.63, 3.8) is 0 Å². The topological polar surface area (TPSA) is 92.5 Å². The van der Waals surface area contributed by atoms with Crippen LogP contribution in [0.5, 0.6) is 0 Å². The van der Waals surface area contributed by atoms with Gasteiger partial charge in [0.25, 0.3) is 11.6 Å². The van der Waals surface area contributed by atoms with Crippen LogP contribution in [0.4, 0.5) is 11.5 Å². The molecule has 32 heavy (non-hydrogen) atoms. The van der Waals surface area contributed by atoms with E-state index in [9.17, 15) is 14.9 Å². The average Bonchev–Trinajstić information content (AvgIpc) is 2.81. The van der Waals surface area contributed by atoms with E-state index in [0.29, 0.717) is 44.0 Å². The van der Waals surface area contributed by atoms with E-state index in [1.54, 1.807) is 12.1 Å². The van der Waals surface area contributed by atoms with E-state index in [4.69, 9.17) is 4.98 Å². The molecule has 0 aliphatic carbocycles. The fourth-order valence-electron chi connectivity index (χ4n) is 4.01. The number of carbonyl (C=O) groups is 1. The number of rotatable bonds is 5. The quantitative estimate of drug-likeness (QED) is 0.453. The van der Waals surface area contributed by atoms with Gasteiger partial charge in [0.05, 0.1) is 4.92 Å². The number of hydrogen-bond acceptors (Lipinski definition) is 6. The number of piperazine rings is 1. The molecule has 3 aromatic rings. The Labute approximate surface area is 186 Å². The van der Waals surface area contributed by atoms with Gasteiger partial charge < -0.3 is 9.80 Å². The molecule has 2 aromatic carbocycles. The van der Waals surface area contributed by atoms with E-state index in [-0.39, 0.29) is 11.6 Å². The number of benzene rings is 2. The molecule has 1 saturated heterocycles. The zero-order valence-electron chi connectivity index (χ0n) is 18.2. The van der Waals surface area contributed by atoms with Crippen LogP contribution in [0.3, 0.4) is 0 Å². The first-order chi connectivity index (χ1) is 15.4. The molecular weight excluding hydrogens is 406 g/mol. The number of carbonyl (C=O) groups excluding carboxylic acids is 1. The van der Waals surface area contributed by atoms with Gasteiger partial charge >= 0.3 is 0 Å². The molecule has 1 aliphatic rings. The SMILES string of the molecule is Cc1nc(C)c(Cc2ccc([N+](=O)[O-])cc2)c(N2CCN(C(=O)c3ccccc3)CC2)n1. The Kier molecular flexibility index (Phi) is 6.11. The summed E-state index contributed by atoms with van der Waals surface area (Å²) < 4.78 is 0. The number of aromatic nitrogens is 2. The molecule has 0 radical (unpaired) electrons. The van der Waals surface area contributed by atoms with Gasteiger partial charge in [-0.25, -0.2) is 9.97 Å². The lowest BCUT2D eigenvalue weighted by Crippen LogP contribution is -2.49. The molecule has 0 atom stereocenters. The molecule has 0 bridgehead atoms. The summed E-state index contributed by atoms with van der Waals surface area (Å²) in [5.74, 6) is 1.62. The molecule has 8 nitrogen and oxygen atoms in total. The smallest absolute Gasteiger partial charge is 0.269 e. The first-order valence-corrected chi connectivity index (χ1v) is 10.6. The van der Waals surface area contributed by atoms with Crippen LogP contribution >= 0.6 is 0 Å². The second kappa shape index (κ2) is 9.13. The largest absolute Gasteiger partial charge is 0.353 e. The monoisotopic (exact) mass is 431 g/mol. The van der Waals surface area contributed by atoms with Gasteiger partial charge in [-0.1, -0.05) is 30.3 Å². The zero-order valence-corrected chi connectivity index (χ0v) is 18.2. The van der Waals surface area contributed by atoms with Crippen molar-refractivity contribution < 1.29 is 9.72 Å². The van der Waals surface area contributed by atoms with Crippen molar-refractivity contribution in [2.45, 2.75) is 20.3 Å². The van der Waals surface area contributed by atoms with Crippen LogP contribution < -0.4 is 4.90 Å². The number of anilines is 1. The molecule has 0 spiro atoms. The maximum Gasteiger partial charge on any atom is 0.269 e. The number of nitro benzene ring substituents is 1. The highest BCUT2D eigenvalue weighted by Gasteiger charge is 2.25. The number of aryl methyl sites for hydroxylation is 2. The van der Waals surface area contributed by atoms with E-state index >= 15 is 0 Å². The van der Waals surface area contributed by atoms with E-state index in [1.807, 2.05) is 49.1 Å². The van der Waals surface area contributed by atoms with Crippen molar-refractivity contribution in [1.82, 2.24) is 14.9 Å². The minimum atomic E-state index is -0.397. The molecule has 0 unspecified atom stereocenters. The van der Waals surface area contributed by atoms with Crippen molar-refractivity contribution in [2.24, 2.45) is 0 Å². The van der Waals surface area contributed by atoms with Gasteiger partial charge in [-0.15, -0.1) is 0 Å². The van der Waals surface area contributed by atoms with Crippen LogP contribution in [0.25, 0.3) is 0 Å². The molecular formula is C24H25N5O3. The van der Waals surface area contributed by atoms with Crippen LogP contribution in [0, 0.1) is 24.0 Å². The Morgan fingerprint density at radius 3 is 2.25 bits per heavy atom. The minimum Gasteiger partial charge on any atom is -0.353 e. The third-order valence-electron chi connectivity index (χ3n) is 5.72. The first-order valence-electron chi connectivity index (χ1n) is 10.6. The Balaban J connectivity index is 1.52. The third-order valence-corrected chi connectivity index (χ3v) is 5.72. The van der Waals surface area contributed by atoms with E-state index in [0.717, 1.165) is 22.6 Å². The molecule has 0 N–H and O–H groups in total. The number of nitrogens with zero attached hydrogens (tertiary/aromatic N) is 5. The van der Waals surface area contributed by atoms with Crippen LogP contribution in [0.2, 0.25) is 0 Å². The number of non-ortho nitro benzene ring substituents is 1. The standard InChI is InChI=1S/C24H25N5O3/c1-17-22(16-19-8-10-21(11-9-19)29(31)32)23(26-18(2)25-17)27-12-14-28(15-13-27)24(30)20-6-4-3-5-7-20/h3-11H,12-16H2,1-2H3. The predicted molar refractivity (Wildman–Crippen MR) is 122 cm³/mol. The van der Waals surface area contributed by atoms with Crippen LogP contribution in [0.15, 0.2) is 54.6 Å². The van der Waals surface area contributed by atoms with Crippen LogP contribution in [0.1, 0.15) is 33.0 Å². The summed E-state index contributed by atoms with van der Waals surface area (Å²) in [7, 11) is 0. The van der Waals surface area contributed by atoms with Crippen molar-refractivity contribution in [1.29, 1.82) is 0 Å². The van der Waals surface area contributed by atoms with Gasteiger partial charge in [0.2, 0.25) is 0 Å². The fourth-order valence-corrected chi connectivity index (χ4v) is 4.01. The van der Waals surface area contributed by atoms with Crippen molar-refractivity contribution in [2.75, 3.05) is 31.1 Å². The lowest BCUT2D eigenvalue weighted by molar-refractivity contribution is -0.384. The van der Waals surface area contributed by atoms with Crippen molar-refractivity contribution >= 4 is 17.4 Å². The Bertz CT molecular complexity index is 1120. The predicted octanol–water partition coefficient (Wildman–Crippen LogP) is 3.55. The van der Waals surface area contributed by atoms with Crippen molar-refractivity contribution in [3.8, 4) is 0 Å². The molecule has 1 aliphatic heterocycles. The maximum atomic E-state index is 12.8. The van der Waals surface area contributed by atoms with E-state index in [2.05, 4.69) is 9.88 Å². The number of nitro groups is 1. The Morgan fingerprint density at radius 1 is 0.969 bits per heavy atom. The zero-order chi connectivity index (χ0) is 22.7. The lowest BCUT2D eigenvalue weighted by atomic mass is 10.0. The second-order valence-corrected chi connectivity index (χ2v) is 7.90. The highest BCUT2D eigenvalue weighted by molar-refractivity contribution is 5.94. The molecule has 1 aromatic heterocycles. The summed E-state index contributed by atoms with van der Waals surface area (Å²) in [5, 5.41) is 10.9. The summed E-state index contributed by atoms with van der Waals surface area (Å²) in [6.07, 6.45) is 0.586. The number of hydrogen-bond donors (Lipinski definition) is 0. The summed E-state index contributed by atoms with van der Waals surface area (Å²) in [6.45, 7) is 6.44. The van der Waals surface area contributed by atoms with Gasteiger partial charge in [-0.3, -0.25) is 14.9 Å². The average molecular weight is 431 g/mol. The van der Waals surface area contributed by atoms with E-state index < -0.39 is 4.92 Å². The van der Waals surface area contributed by atoms with Gasteiger partial charge in [0, 0.05) is 61.6 Å². The minimum absolute atomic E-state index is 0.0476. The normalized spacial score (nSPS) is 13.8.